The summed E-state index contributed by atoms with van der Waals surface area (Å²) < 4.78 is 16.2. The standard InChI is InChI=1S/2C32H16N8.C9H13O3.2Ga/c2*1-2-10-18-17(9-1)25-33-26(18)38-28-21-13-5-6-14-22(21)30(35-28)40-32-24-16-8-7-15-23(24)31(36-32)39-29-20-12-4-3-11-19(20)27(34-29)37-25;1-6(10)7-2-4-8(5-3-7)9(11)12;;/h2*1-16H;7-8H,1-5H2,(H,11,12);;/q2*-2;;+2;+3/p-1. The van der Waals surface area contributed by atoms with Crippen molar-refractivity contribution in [1.29, 1.82) is 0 Å². The number of Topliss-reactive ketones (excluding diaryl/α,β-unsaturated/α-hetero) is 1. The van der Waals surface area contributed by atoms with Crippen LogP contribution in [0.2, 0.25) is 4.98 Å². The molecule has 94 heavy (non-hydrogen) atoms. The topological polar surface area (TPSA) is 211 Å². The number of ketones is 1. The SMILES string of the molecule is O=C([CH2][Ga]1[n]2c3c4ccccc4c2N=C2N=C(N=c4c5ccccc5c([n]41)=NC1=NC(=N3)c3ccccc31)c1ccccc12)C1CCC(C(=O)[O][Ga]2[n]3c4c5ccccc5c3N=C3N=C(N=c5c6ccccc6c([n]52)=NC2=NC(=N4)c4ccccc42)c2ccccc23)CC1. The van der Waals surface area contributed by atoms with E-state index < -0.39 is 39.7 Å². The maximum absolute atomic E-state index is 16.1. The van der Waals surface area contributed by atoms with Crippen molar-refractivity contribution in [3.8, 4) is 0 Å². The van der Waals surface area contributed by atoms with Gasteiger partial charge in [-0.3, -0.25) is 0 Å². The summed E-state index contributed by atoms with van der Waals surface area (Å²) in [5.41, 5.74) is 9.34. The fraction of sp³-hybridized carbons (Fsp3) is 0.0959. The van der Waals surface area contributed by atoms with Gasteiger partial charge in [0.05, 0.1) is 0 Å². The molecule has 1 saturated carbocycles. The summed E-state index contributed by atoms with van der Waals surface area (Å²) in [7, 11) is 0. The van der Waals surface area contributed by atoms with Crippen molar-refractivity contribution in [3.63, 3.8) is 0 Å². The van der Waals surface area contributed by atoms with E-state index >= 15 is 9.59 Å². The Labute approximate surface area is 544 Å². The van der Waals surface area contributed by atoms with Crippen LogP contribution in [0.25, 0.3) is 43.1 Å². The van der Waals surface area contributed by atoms with Crippen LogP contribution in [0.5, 0.6) is 0 Å². The number of aromatic nitrogens is 4. The monoisotopic (exact) mass is 1330 g/mol. The first-order valence-corrected chi connectivity index (χ1v) is 38.7. The predicted octanol–water partition coefficient (Wildman–Crippen LogP) is 10.3. The van der Waals surface area contributed by atoms with Gasteiger partial charge in [0.1, 0.15) is 0 Å². The number of carbonyl (C=O) groups excluding carboxylic acids is 2. The van der Waals surface area contributed by atoms with Crippen molar-refractivity contribution in [2.24, 2.45) is 71.7 Å². The molecule has 9 aliphatic rings. The first-order valence-electron chi connectivity index (χ1n) is 31.6. The fourth-order valence-corrected chi connectivity index (χ4v) is 27.3. The predicted molar refractivity (Wildman–Crippen MR) is 364 cm³/mol. The van der Waals surface area contributed by atoms with E-state index in [1.54, 1.807) is 0 Å². The molecular formula is C73H44Ga2N16O3. The minimum absolute atomic E-state index is 0.113. The molecule has 21 rings (SSSR count). The Morgan fingerprint density at radius 1 is 0.309 bits per heavy atom. The summed E-state index contributed by atoms with van der Waals surface area (Å²) in [5.74, 6) is 5.51. The molecule has 8 aromatic carbocycles. The zero-order valence-electron chi connectivity index (χ0n) is 49.7. The van der Waals surface area contributed by atoms with Crippen molar-refractivity contribution in [1.82, 2.24) is 13.1 Å². The summed E-state index contributed by atoms with van der Waals surface area (Å²) in [6.45, 7) is 0. The normalized spacial score (nSPS) is 17.9. The molecule has 0 N–H and O–H groups in total. The fourth-order valence-electron chi connectivity index (χ4n) is 15.4. The van der Waals surface area contributed by atoms with Crippen molar-refractivity contribution < 1.29 is 13.1 Å². The Kier molecular flexibility index (Phi) is 11.0. The van der Waals surface area contributed by atoms with Crippen LogP contribution in [0, 0.1) is 11.8 Å². The van der Waals surface area contributed by atoms with Crippen molar-refractivity contribution >= 4 is 159 Å². The molecule has 1 aliphatic carbocycles. The third kappa shape index (κ3) is 7.47. The summed E-state index contributed by atoms with van der Waals surface area (Å²) in [5, 5.41) is 6.83. The molecule has 19 nitrogen and oxygen atoms in total. The second kappa shape index (κ2) is 19.7. The van der Waals surface area contributed by atoms with Gasteiger partial charge in [-0.25, -0.2) is 0 Å². The van der Waals surface area contributed by atoms with Gasteiger partial charge in [0, 0.05) is 0 Å². The number of carbonyl (C=O) groups is 2. The van der Waals surface area contributed by atoms with Crippen LogP contribution in [0.4, 0.5) is 23.3 Å². The summed E-state index contributed by atoms with van der Waals surface area (Å²) in [4.78, 5) is 97.2. The van der Waals surface area contributed by atoms with Crippen LogP contribution in [-0.2, 0) is 13.1 Å². The molecule has 0 saturated heterocycles. The molecule has 8 aliphatic heterocycles. The van der Waals surface area contributed by atoms with Gasteiger partial charge in [-0.05, 0) is 0 Å². The van der Waals surface area contributed by atoms with E-state index in [9.17, 15) is 0 Å². The molecule has 1 fully saturated rings. The van der Waals surface area contributed by atoms with E-state index in [1.807, 2.05) is 170 Å². The molecule has 4 aromatic heterocycles. The zero-order valence-corrected chi connectivity index (χ0v) is 54.5. The van der Waals surface area contributed by atoms with Gasteiger partial charge in [0.25, 0.3) is 0 Å². The van der Waals surface area contributed by atoms with Gasteiger partial charge < -0.3 is 0 Å². The average molecular weight is 1330 g/mol. The Bertz CT molecular complexity index is 5460. The van der Waals surface area contributed by atoms with Gasteiger partial charge in [-0.2, -0.15) is 0 Å². The maximum atomic E-state index is 16.1. The second-order valence-electron chi connectivity index (χ2n) is 24.8. The van der Waals surface area contributed by atoms with E-state index in [0.29, 0.717) is 118 Å². The quantitative estimate of drug-likeness (QED) is 0.154. The number of hydrogen-bond donors (Lipinski definition) is 0. The molecule has 12 heterocycles. The Morgan fingerprint density at radius 3 is 0.904 bits per heavy atom. The Hall–Kier alpha value is -11.1. The number of rotatable bonds is 5. The third-order valence-electron chi connectivity index (χ3n) is 19.8. The van der Waals surface area contributed by atoms with E-state index in [4.69, 9.17) is 63.4 Å². The number of nitrogens with zero attached hydrogens (tertiary/aromatic N) is 16. The average Bonchev–Trinajstić information content (AvgIpc) is 1.56. The van der Waals surface area contributed by atoms with Gasteiger partial charge in [0.2, 0.25) is 0 Å². The van der Waals surface area contributed by atoms with E-state index in [-0.39, 0.29) is 22.6 Å². The minimum atomic E-state index is -4.34. The van der Waals surface area contributed by atoms with Crippen LogP contribution >= 0.6 is 0 Å². The van der Waals surface area contributed by atoms with Crippen LogP contribution in [0.1, 0.15) is 70.2 Å². The van der Waals surface area contributed by atoms with Gasteiger partial charge >= 0.3 is 548 Å². The molecule has 12 aromatic rings. The Morgan fingerprint density at radius 2 is 0.574 bits per heavy atom. The van der Waals surface area contributed by atoms with Crippen LogP contribution < -0.4 is 22.0 Å². The summed E-state index contributed by atoms with van der Waals surface area (Å²) in [6, 6.07) is 64.9. The van der Waals surface area contributed by atoms with Gasteiger partial charge in [-0.1, -0.05) is 0 Å². The molecular weight excluding hydrogens is 1290 g/mol. The Balaban J connectivity index is 0.704. The molecule has 0 atom stereocenters. The molecule has 0 unspecified atom stereocenters. The molecule has 0 radical (unpaired) electrons. The number of amidine groups is 8. The van der Waals surface area contributed by atoms with Crippen molar-refractivity contribution in [2.45, 2.75) is 30.7 Å². The van der Waals surface area contributed by atoms with E-state index in [1.165, 1.54) is 0 Å². The third-order valence-corrected chi connectivity index (χ3v) is 30.8. The van der Waals surface area contributed by atoms with Crippen molar-refractivity contribution in [3.05, 3.63) is 261 Å². The van der Waals surface area contributed by atoms with Gasteiger partial charge in [0.15, 0.2) is 0 Å². The molecule has 0 amide bonds. The van der Waals surface area contributed by atoms with E-state index in [0.717, 1.165) is 87.6 Å². The second-order valence-corrected chi connectivity index (χ2v) is 33.9. The molecule has 12 bridgehead atoms. The summed E-state index contributed by atoms with van der Waals surface area (Å²) >= 11 is -8.20. The van der Waals surface area contributed by atoms with Crippen molar-refractivity contribution in [2.75, 3.05) is 0 Å². The molecule has 440 valence electrons. The number of fused-ring (bicyclic) bond motifs is 28. The molecule has 0 spiro atoms. The van der Waals surface area contributed by atoms with Crippen LogP contribution in [-0.4, -0.2) is 105 Å². The number of hydrogen-bond acceptors (Lipinski definition) is 15. The van der Waals surface area contributed by atoms with Crippen LogP contribution in [0.3, 0.4) is 0 Å². The van der Waals surface area contributed by atoms with Crippen LogP contribution in [0.15, 0.2) is 254 Å². The van der Waals surface area contributed by atoms with Gasteiger partial charge in [-0.15, -0.1) is 0 Å². The summed E-state index contributed by atoms with van der Waals surface area (Å²) in [6.07, 6.45) is 1.80. The number of benzene rings is 8. The van der Waals surface area contributed by atoms with E-state index in [2.05, 4.69) is 37.4 Å². The first kappa shape index (κ1) is 52.5. The number of aliphatic imine (C=N–C) groups is 8. The first-order chi connectivity index (χ1) is 46.4. The zero-order chi connectivity index (χ0) is 61.6. The molecule has 21 heteroatoms.